The maximum Gasteiger partial charge on any atom is 0.252 e. The quantitative estimate of drug-likeness (QED) is 0.407. The minimum Gasteiger partial charge on any atom is -0.366 e. The smallest absolute Gasteiger partial charge is 0.252 e. The van der Waals surface area contributed by atoms with Gasteiger partial charge >= 0.3 is 0 Å². The molecular weight excluding hydrogens is 410 g/mol. The van der Waals surface area contributed by atoms with E-state index in [1.54, 1.807) is 0 Å². The molecule has 1 amide bonds. The summed E-state index contributed by atoms with van der Waals surface area (Å²) < 4.78 is 0. The Hall–Kier alpha value is -3.67. The first-order valence-corrected chi connectivity index (χ1v) is 11.8. The highest BCUT2D eigenvalue weighted by Gasteiger charge is 2.42. The molecule has 6 nitrogen and oxygen atoms in total. The molecule has 2 unspecified atom stereocenters. The Labute approximate surface area is 192 Å². The lowest BCUT2D eigenvalue weighted by atomic mass is 9.96. The van der Waals surface area contributed by atoms with Crippen LogP contribution >= 0.6 is 0 Å². The van der Waals surface area contributed by atoms with E-state index in [1.807, 2.05) is 36.5 Å². The molecular formula is C27H27N5O. The molecule has 0 saturated heterocycles. The van der Waals surface area contributed by atoms with Gasteiger partial charge in [0, 0.05) is 52.4 Å². The van der Waals surface area contributed by atoms with Crippen LogP contribution in [-0.4, -0.2) is 26.9 Å². The number of fused-ring (bicyclic) bond motifs is 2. The van der Waals surface area contributed by atoms with E-state index < -0.39 is 0 Å². The van der Waals surface area contributed by atoms with Crippen LogP contribution in [0, 0.1) is 0 Å². The molecule has 1 fully saturated rings. The van der Waals surface area contributed by atoms with Gasteiger partial charge in [0.25, 0.3) is 5.91 Å². The van der Waals surface area contributed by atoms with E-state index in [-0.39, 0.29) is 17.9 Å². The number of carbonyl (C=O) groups is 1. The van der Waals surface area contributed by atoms with Crippen LogP contribution in [0.1, 0.15) is 58.2 Å². The number of benzene rings is 2. The molecule has 0 spiro atoms. The number of aromatic amines is 1. The van der Waals surface area contributed by atoms with Gasteiger partial charge in [-0.3, -0.25) is 4.79 Å². The summed E-state index contributed by atoms with van der Waals surface area (Å²) in [5, 5.41) is 7.72. The number of amides is 1. The number of anilines is 1. The normalized spacial score (nSPS) is 19.2. The molecule has 2 heterocycles. The van der Waals surface area contributed by atoms with Crippen LogP contribution < -0.4 is 10.6 Å². The van der Waals surface area contributed by atoms with Gasteiger partial charge in [-0.15, -0.1) is 0 Å². The van der Waals surface area contributed by atoms with Crippen molar-refractivity contribution in [1.29, 1.82) is 0 Å². The summed E-state index contributed by atoms with van der Waals surface area (Å²) in [5.41, 5.74) is 5.35. The van der Waals surface area contributed by atoms with Crippen molar-refractivity contribution in [3.05, 3.63) is 89.0 Å². The lowest BCUT2D eigenvalue weighted by Crippen LogP contribution is -2.27. The first kappa shape index (κ1) is 20.0. The van der Waals surface area contributed by atoms with Crippen molar-refractivity contribution in [2.24, 2.45) is 0 Å². The summed E-state index contributed by atoms with van der Waals surface area (Å²) in [7, 11) is 0. The number of carbonyl (C=O) groups excluding carboxylic acids is 1. The molecule has 33 heavy (non-hydrogen) atoms. The van der Waals surface area contributed by atoms with Gasteiger partial charge in [0.05, 0.1) is 0 Å². The average Bonchev–Trinajstić information content (AvgIpc) is 3.45. The van der Waals surface area contributed by atoms with E-state index in [2.05, 4.69) is 39.9 Å². The Balaban J connectivity index is 1.20. The maximum absolute atomic E-state index is 13.0. The van der Waals surface area contributed by atoms with E-state index in [4.69, 9.17) is 9.97 Å². The van der Waals surface area contributed by atoms with Crippen LogP contribution in [-0.2, 0) is 19.4 Å². The molecule has 2 atom stereocenters. The van der Waals surface area contributed by atoms with Crippen LogP contribution in [0.25, 0.3) is 10.9 Å². The first-order chi connectivity index (χ1) is 16.3. The average molecular weight is 438 g/mol. The van der Waals surface area contributed by atoms with Crippen LogP contribution in [0.2, 0.25) is 0 Å². The fraction of sp³-hybridized carbons (Fsp3) is 0.296. The molecule has 166 valence electrons. The molecule has 3 N–H and O–H groups in total. The van der Waals surface area contributed by atoms with Crippen molar-refractivity contribution in [1.82, 2.24) is 20.3 Å². The number of rotatable bonds is 6. The summed E-state index contributed by atoms with van der Waals surface area (Å²) in [6.45, 7) is 0.745. The minimum absolute atomic E-state index is 0.0342. The number of nitrogens with zero attached hydrogens (tertiary/aromatic N) is 2. The second kappa shape index (κ2) is 8.35. The van der Waals surface area contributed by atoms with Gasteiger partial charge in [-0.2, -0.15) is 0 Å². The molecule has 0 bridgehead atoms. The van der Waals surface area contributed by atoms with Gasteiger partial charge in [0.1, 0.15) is 11.6 Å². The first-order valence-electron chi connectivity index (χ1n) is 11.8. The van der Waals surface area contributed by atoms with Crippen molar-refractivity contribution in [3.8, 4) is 0 Å². The van der Waals surface area contributed by atoms with Gasteiger partial charge < -0.3 is 15.6 Å². The maximum atomic E-state index is 13.0. The summed E-state index contributed by atoms with van der Waals surface area (Å²) >= 11 is 0. The highest BCUT2D eigenvalue weighted by Crippen LogP contribution is 2.41. The van der Waals surface area contributed by atoms with Crippen LogP contribution in [0.4, 0.5) is 5.82 Å². The molecule has 2 aromatic heterocycles. The van der Waals surface area contributed by atoms with E-state index >= 15 is 0 Å². The van der Waals surface area contributed by atoms with Crippen LogP contribution in [0.3, 0.4) is 0 Å². The van der Waals surface area contributed by atoms with Crippen molar-refractivity contribution < 1.29 is 4.79 Å². The SMILES string of the molecule is O=C(NC1CC1c1nc2c(c(NCc3ccccc3)n1)CCCC2)c1cccc2[nH]ccc12. The second-order valence-electron chi connectivity index (χ2n) is 9.07. The summed E-state index contributed by atoms with van der Waals surface area (Å²) in [6.07, 6.45) is 7.13. The molecule has 0 aliphatic heterocycles. The lowest BCUT2D eigenvalue weighted by molar-refractivity contribution is 0.0952. The van der Waals surface area contributed by atoms with Crippen molar-refractivity contribution in [3.63, 3.8) is 0 Å². The Morgan fingerprint density at radius 2 is 1.88 bits per heavy atom. The van der Waals surface area contributed by atoms with Crippen molar-refractivity contribution in [2.75, 3.05) is 5.32 Å². The number of hydrogen-bond donors (Lipinski definition) is 3. The molecule has 2 aliphatic rings. The standard InChI is InChI=1S/C27H27N5O/c33-27(19-10-6-12-22-18(19)13-14-28-22)31-24-15-21(24)26-30-23-11-5-4-9-20(23)25(32-26)29-16-17-7-2-1-3-8-17/h1-3,6-8,10,12-14,21,24,28H,4-5,9,11,15-16H2,(H,31,33)(H,29,30,32). The van der Waals surface area contributed by atoms with Gasteiger partial charge in [0.15, 0.2) is 0 Å². The zero-order chi connectivity index (χ0) is 22.2. The van der Waals surface area contributed by atoms with E-state index in [9.17, 15) is 4.79 Å². The molecule has 4 aromatic rings. The number of aryl methyl sites for hydroxylation is 1. The molecule has 2 aliphatic carbocycles. The Morgan fingerprint density at radius 1 is 1.00 bits per heavy atom. The highest BCUT2D eigenvalue weighted by molar-refractivity contribution is 6.06. The Kier molecular flexibility index (Phi) is 5.06. The largest absolute Gasteiger partial charge is 0.366 e. The van der Waals surface area contributed by atoms with E-state index in [0.717, 1.165) is 48.4 Å². The summed E-state index contributed by atoms with van der Waals surface area (Å²) in [5.74, 6) is 1.96. The Morgan fingerprint density at radius 3 is 2.79 bits per heavy atom. The predicted octanol–water partition coefficient (Wildman–Crippen LogP) is 4.73. The van der Waals surface area contributed by atoms with Crippen molar-refractivity contribution >= 4 is 22.6 Å². The highest BCUT2D eigenvalue weighted by atomic mass is 16.1. The number of nitrogens with one attached hydrogen (secondary N) is 3. The number of aromatic nitrogens is 3. The second-order valence-corrected chi connectivity index (χ2v) is 9.07. The Bertz CT molecular complexity index is 1310. The molecule has 6 rings (SSSR count). The predicted molar refractivity (Wildman–Crippen MR) is 129 cm³/mol. The monoisotopic (exact) mass is 437 g/mol. The molecule has 6 heteroatoms. The molecule has 0 radical (unpaired) electrons. The van der Waals surface area contributed by atoms with Gasteiger partial charge in [-0.25, -0.2) is 9.97 Å². The van der Waals surface area contributed by atoms with E-state index in [0.29, 0.717) is 5.56 Å². The van der Waals surface area contributed by atoms with E-state index in [1.165, 1.54) is 29.7 Å². The molecule has 1 saturated carbocycles. The lowest BCUT2D eigenvalue weighted by Gasteiger charge is -2.20. The van der Waals surface area contributed by atoms with Crippen molar-refractivity contribution in [2.45, 2.75) is 50.6 Å². The summed E-state index contributed by atoms with van der Waals surface area (Å²) in [6, 6.07) is 18.2. The third-order valence-corrected chi connectivity index (χ3v) is 6.78. The fourth-order valence-electron chi connectivity index (χ4n) is 4.88. The topological polar surface area (TPSA) is 82.7 Å². The third-order valence-electron chi connectivity index (χ3n) is 6.78. The zero-order valence-corrected chi connectivity index (χ0v) is 18.5. The minimum atomic E-state index is -0.0342. The van der Waals surface area contributed by atoms with Crippen LogP contribution in [0.5, 0.6) is 0 Å². The van der Waals surface area contributed by atoms with Gasteiger partial charge in [-0.1, -0.05) is 36.4 Å². The summed E-state index contributed by atoms with van der Waals surface area (Å²) in [4.78, 5) is 26.0. The van der Waals surface area contributed by atoms with Crippen LogP contribution in [0.15, 0.2) is 60.8 Å². The molecule has 2 aromatic carbocycles. The fourth-order valence-corrected chi connectivity index (χ4v) is 4.88. The van der Waals surface area contributed by atoms with Gasteiger partial charge in [0.2, 0.25) is 0 Å². The number of hydrogen-bond acceptors (Lipinski definition) is 4. The van der Waals surface area contributed by atoms with Gasteiger partial charge in [-0.05, 0) is 55.9 Å². The number of H-pyrrole nitrogens is 1. The third kappa shape index (κ3) is 3.97. The zero-order valence-electron chi connectivity index (χ0n) is 18.5.